The van der Waals surface area contributed by atoms with Crippen molar-refractivity contribution >= 4 is 21.4 Å². The minimum atomic E-state index is -3.29. The molecule has 4 nitrogen and oxygen atoms in total. The summed E-state index contributed by atoms with van der Waals surface area (Å²) in [6.07, 6.45) is 1.78. The summed E-state index contributed by atoms with van der Waals surface area (Å²) in [6, 6.07) is 4.94. The molecular weight excluding hydrogens is 274 g/mol. The van der Waals surface area contributed by atoms with E-state index in [-0.39, 0.29) is 17.5 Å². The predicted molar refractivity (Wildman–Crippen MR) is 72.6 cm³/mol. The molecule has 2 N–H and O–H groups in total. The van der Waals surface area contributed by atoms with Crippen LogP contribution in [0.3, 0.4) is 0 Å². The molecule has 0 aliphatic heterocycles. The highest BCUT2D eigenvalue weighted by atomic mass is 35.5. The second kappa shape index (κ2) is 6.52. The fraction of sp³-hybridized carbons (Fsp3) is 0.500. The van der Waals surface area contributed by atoms with Crippen molar-refractivity contribution in [2.24, 2.45) is 0 Å². The van der Waals surface area contributed by atoms with E-state index < -0.39 is 9.84 Å². The van der Waals surface area contributed by atoms with Crippen LogP contribution in [-0.4, -0.2) is 32.4 Å². The number of hydrogen-bond acceptors (Lipinski definition) is 4. The second-order valence-electron chi connectivity index (χ2n) is 4.28. The highest BCUT2D eigenvalue weighted by molar-refractivity contribution is 7.90. The Balaban J connectivity index is 2.94. The summed E-state index contributed by atoms with van der Waals surface area (Å²) >= 11 is 6.04. The van der Waals surface area contributed by atoms with E-state index in [4.69, 9.17) is 16.7 Å². The van der Waals surface area contributed by atoms with Gasteiger partial charge in [-0.15, -0.1) is 0 Å². The number of sulfone groups is 1. The van der Waals surface area contributed by atoms with E-state index in [1.54, 1.807) is 18.2 Å². The van der Waals surface area contributed by atoms with Crippen molar-refractivity contribution in [1.82, 2.24) is 5.32 Å². The van der Waals surface area contributed by atoms with Gasteiger partial charge in [0.25, 0.3) is 0 Å². The first-order valence-electron chi connectivity index (χ1n) is 5.68. The first-order valence-corrected chi connectivity index (χ1v) is 7.95. The van der Waals surface area contributed by atoms with E-state index in [2.05, 4.69) is 5.32 Å². The normalized spacial score (nSPS) is 13.6. The van der Waals surface area contributed by atoms with Gasteiger partial charge in [0, 0.05) is 36.0 Å². The summed E-state index contributed by atoms with van der Waals surface area (Å²) in [7, 11) is -3.29. The lowest BCUT2D eigenvalue weighted by Crippen LogP contribution is -2.27. The Morgan fingerprint density at radius 3 is 2.67 bits per heavy atom. The first-order chi connectivity index (χ1) is 8.36. The summed E-state index contributed by atoms with van der Waals surface area (Å²) in [5.74, 6) is 0. The maximum Gasteiger partial charge on any atom is 0.175 e. The summed E-state index contributed by atoms with van der Waals surface area (Å²) < 4.78 is 23.3. The van der Waals surface area contributed by atoms with E-state index in [1.165, 1.54) is 6.26 Å². The van der Waals surface area contributed by atoms with Crippen molar-refractivity contribution in [2.75, 3.05) is 12.9 Å². The second-order valence-corrected chi connectivity index (χ2v) is 6.67. The Kier molecular flexibility index (Phi) is 5.59. The Bertz CT molecular complexity index is 502. The van der Waals surface area contributed by atoms with Crippen molar-refractivity contribution in [2.45, 2.75) is 30.8 Å². The van der Waals surface area contributed by atoms with Crippen molar-refractivity contribution in [3.63, 3.8) is 0 Å². The molecule has 0 aliphatic rings. The fourth-order valence-electron chi connectivity index (χ4n) is 1.63. The zero-order valence-electron chi connectivity index (χ0n) is 10.5. The van der Waals surface area contributed by atoms with Crippen LogP contribution in [0.15, 0.2) is 23.1 Å². The molecule has 0 spiro atoms. The lowest BCUT2D eigenvalue weighted by molar-refractivity contribution is 0.268. The van der Waals surface area contributed by atoms with Crippen molar-refractivity contribution in [3.8, 4) is 0 Å². The zero-order chi connectivity index (χ0) is 13.8. The molecule has 1 aromatic carbocycles. The minimum absolute atomic E-state index is 0.0929. The van der Waals surface area contributed by atoms with Crippen LogP contribution in [-0.2, 0) is 16.4 Å². The van der Waals surface area contributed by atoms with E-state index >= 15 is 0 Å². The van der Waals surface area contributed by atoms with Crippen LogP contribution in [0.5, 0.6) is 0 Å². The summed E-state index contributed by atoms with van der Waals surface area (Å²) in [5.41, 5.74) is 0.575. The standard InChI is InChI=1S/C12H18ClNO3S/c1-9(6-7-15)14-8-10-11(13)4-3-5-12(10)18(2,16)17/h3-5,9,14-15H,6-8H2,1-2H3. The van der Waals surface area contributed by atoms with Gasteiger partial charge in [0.05, 0.1) is 4.90 Å². The fourth-order valence-corrected chi connectivity index (χ4v) is 2.88. The van der Waals surface area contributed by atoms with Gasteiger partial charge in [0.15, 0.2) is 9.84 Å². The average molecular weight is 292 g/mol. The number of halogens is 1. The number of hydrogen-bond donors (Lipinski definition) is 2. The molecule has 0 heterocycles. The average Bonchev–Trinajstić information content (AvgIpc) is 2.26. The highest BCUT2D eigenvalue weighted by Gasteiger charge is 2.16. The third-order valence-corrected chi connectivity index (χ3v) is 4.20. The van der Waals surface area contributed by atoms with Crippen LogP contribution in [0, 0.1) is 0 Å². The molecule has 1 unspecified atom stereocenters. The Morgan fingerprint density at radius 2 is 2.11 bits per heavy atom. The van der Waals surface area contributed by atoms with Crippen LogP contribution >= 0.6 is 11.6 Å². The smallest absolute Gasteiger partial charge is 0.175 e. The molecule has 0 bridgehead atoms. The third kappa shape index (κ3) is 4.24. The van der Waals surface area contributed by atoms with Crippen LogP contribution in [0.4, 0.5) is 0 Å². The molecule has 0 saturated heterocycles. The number of rotatable bonds is 6. The summed E-state index contributed by atoms with van der Waals surface area (Å²) in [5, 5.41) is 12.4. The van der Waals surface area contributed by atoms with Crippen LogP contribution in [0.1, 0.15) is 18.9 Å². The molecule has 1 atom stereocenters. The quantitative estimate of drug-likeness (QED) is 0.835. The van der Waals surface area contributed by atoms with Gasteiger partial charge in [-0.1, -0.05) is 17.7 Å². The lowest BCUT2D eigenvalue weighted by atomic mass is 10.2. The van der Waals surface area contributed by atoms with E-state index in [1.807, 2.05) is 6.92 Å². The molecule has 102 valence electrons. The highest BCUT2D eigenvalue weighted by Crippen LogP contribution is 2.23. The van der Waals surface area contributed by atoms with Crippen LogP contribution in [0.25, 0.3) is 0 Å². The van der Waals surface area contributed by atoms with Gasteiger partial charge >= 0.3 is 0 Å². The van der Waals surface area contributed by atoms with Crippen molar-refractivity contribution in [3.05, 3.63) is 28.8 Å². The molecule has 0 aromatic heterocycles. The Labute approximate surface area is 113 Å². The molecule has 1 rings (SSSR count). The van der Waals surface area contributed by atoms with Gasteiger partial charge in [0.2, 0.25) is 0 Å². The van der Waals surface area contributed by atoms with Gasteiger partial charge in [0.1, 0.15) is 0 Å². The van der Waals surface area contributed by atoms with Gasteiger partial charge in [-0.25, -0.2) is 8.42 Å². The molecule has 18 heavy (non-hydrogen) atoms. The molecule has 0 aliphatic carbocycles. The maximum atomic E-state index is 11.6. The van der Waals surface area contributed by atoms with E-state index in [9.17, 15) is 8.42 Å². The predicted octanol–water partition coefficient (Wildman–Crippen LogP) is 1.60. The number of aliphatic hydroxyl groups excluding tert-OH is 1. The largest absolute Gasteiger partial charge is 0.396 e. The number of nitrogens with one attached hydrogen (secondary N) is 1. The van der Waals surface area contributed by atoms with Gasteiger partial charge in [-0.05, 0) is 25.5 Å². The first kappa shape index (κ1) is 15.4. The van der Waals surface area contributed by atoms with Crippen molar-refractivity contribution in [1.29, 1.82) is 0 Å². The van der Waals surface area contributed by atoms with Crippen LogP contribution < -0.4 is 5.32 Å². The summed E-state index contributed by atoms with van der Waals surface area (Å²) in [6.45, 7) is 2.38. The minimum Gasteiger partial charge on any atom is -0.396 e. The number of aliphatic hydroxyl groups is 1. The molecule has 0 fully saturated rings. The topological polar surface area (TPSA) is 66.4 Å². The maximum absolute atomic E-state index is 11.6. The van der Waals surface area contributed by atoms with Gasteiger partial charge < -0.3 is 10.4 Å². The van der Waals surface area contributed by atoms with Gasteiger partial charge in [-0.3, -0.25) is 0 Å². The molecule has 0 radical (unpaired) electrons. The SMILES string of the molecule is CC(CCO)NCc1c(Cl)cccc1S(C)(=O)=O. The van der Waals surface area contributed by atoms with E-state index in [0.717, 1.165) is 0 Å². The summed E-state index contributed by atoms with van der Waals surface area (Å²) in [4.78, 5) is 0.249. The zero-order valence-corrected chi connectivity index (χ0v) is 12.1. The molecular formula is C12H18ClNO3S. The molecule has 1 aromatic rings. The van der Waals surface area contributed by atoms with E-state index in [0.29, 0.717) is 23.6 Å². The molecule has 6 heteroatoms. The van der Waals surface area contributed by atoms with Crippen molar-refractivity contribution < 1.29 is 13.5 Å². The molecule has 0 amide bonds. The Hall–Kier alpha value is -0.620. The van der Waals surface area contributed by atoms with Gasteiger partial charge in [-0.2, -0.15) is 0 Å². The third-order valence-electron chi connectivity index (χ3n) is 2.66. The monoisotopic (exact) mass is 291 g/mol. The molecule has 0 saturated carbocycles. The number of benzene rings is 1. The lowest BCUT2D eigenvalue weighted by Gasteiger charge is -2.15. The Morgan fingerprint density at radius 1 is 1.44 bits per heavy atom. The van der Waals surface area contributed by atoms with Crippen LogP contribution in [0.2, 0.25) is 5.02 Å².